The van der Waals surface area contributed by atoms with E-state index in [9.17, 15) is 4.39 Å². The second-order valence-electron chi connectivity index (χ2n) is 8.21. The predicted molar refractivity (Wildman–Crippen MR) is 118 cm³/mol. The Bertz CT molecular complexity index is 1020. The van der Waals surface area contributed by atoms with Crippen molar-refractivity contribution in [2.45, 2.75) is 45.6 Å². The number of para-hydroxylation sites is 1. The summed E-state index contributed by atoms with van der Waals surface area (Å²) in [5.41, 5.74) is 6.05. The largest absolute Gasteiger partial charge is 0.338 e. The number of aromatic nitrogens is 1. The van der Waals surface area contributed by atoms with Crippen LogP contribution >= 0.6 is 0 Å². The number of allylic oxidation sites excluding steroid dienone is 2. The van der Waals surface area contributed by atoms with Crippen LogP contribution in [0.4, 0.5) is 4.39 Å². The summed E-state index contributed by atoms with van der Waals surface area (Å²) >= 11 is 0. The van der Waals surface area contributed by atoms with Gasteiger partial charge in [-0.2, -0.15) is 0 Å². The molecule has 1 aliphatic carbocycles. The van der Waals surface area contributed by atoms with E-state index in [4.69, 9.17) is 0 Å². The minimum Gasteiger partial charge on any atom is -0.338 e. The van der Waals surface area contributed by atoms with Gasteiger partial charge in [-0.05, 0) is 75.3 Å². The first-order valence-electron chi connectivity index (χ1n) is 10.3. The van der Waals surface area contributed by atoms with Crippen LogP contribution in [0.3, 0.4) is 0 Å². The third-order valence-electron chi connectivity index (χ3n) is 5.78. The topological polar surface area (TPSA) is 4.93 Å². The molecule has 1 saturated carbocycles. The lowest BCUT2D eigenvalue weighted by Crippen LogP contribution is -2.06. The Labute approximate surface area is 167 Å². The Kier molecular flexibility index (Phi) is 5.21. The molecule has 1 aromatic heterocycles. The molecule has 0 N–H and O–H groups in total. The smallest absolute Gasteiger partial charge is 0.123 e. The van der Waals surface area contributed by atoms with Crippen LogP contribution in [0.15, 0.2) is 66.8 Å². The average Bonchev–Trinajstić information content (AvgIpc) is 3.01. The molecule has 4 rings (SSSR count). The van der Waals surface area contributed by atoms with Gasteiger partial charge < -0.3 is 4.57 Å². The maximum atomic E-state index is 13.6. The maximum Gasteiger partial charge on any atom is 0.123 e. The van der Waals surface area contributed by atoms with E-state index in [1.165, 1.54) is 40.6 Å². The van der Waals surface area contributed by atoms with E-state index in [0.717, 1.165) is 18.4 Å². The van der Waals surface area contributed by atoms with E-state index < -0.39 is 0 Å². The molecule has 0 radical (unpaired) electrons. The minimum absolute atomic E-state index is 0.200. The highest BCUT2D eigenvalue weighted by atomic mass is 19.1. The number of benzene rings is 2. The van der Waals surface area contributed by atoms with Gasteiger partial charge in [0.15, 0.2) is 0 Å². The highest BCUT2D eigenvalue weighted by Gasteiger charge is 2.19. The molecule has 2 heteroatoms. The van der Waals surface area contributed by atoms with Crippen molar-refractivity contribution < 1.29 is 4.39 Å². The van der Waals surface area contributed by atoms with Crippen molar-refractivity contribution in [1.29, 1.82) is 0 Å². The van der Waals surface area contributed by atoms with Crippen LogP contribution in [0.25, 0.3) is 28.1 Å². The molecule has 0 bridgehead atoms. The molecule has 1 heterocycles. The first kappa shape index (κ1) is 18.7. The number of rotatable bonds is 4. The van der Waals surface area contributed by atoms with Gasteiger partial charge in [-0.1, -0.05) is 48.6 Å². The second-order valence-corrected chi connectivity index (χ2v) is 8.21. The Hall–Kier alpha value is -2.61. The molecule has 1 atom stereocenters. The monoisotopic (exact) mass is 373 g/mol. The summed E-state index contributed by atoms with van der Waals surface area (Å²) in [7, 11) is 0. The predicted octanol–water partition coefficient (Wildman–Crippen LogP) is 7.79. The van der Waals surface area contributed by atoms with Gasteiger partial charge >= 0.3 is 0 Å². The molecule has 1 fully saturated rings. The second kappa shape index (κ2) is 7.79. The molecule has 0 amide bonds. The van der Waals surface area contributed by atoms with Gasteiger partial charge in [-0.25, -0.2) is 4.39 Å². The lowest BCUT2D eigenvalue weighted by molar-refractivity contribution is 0.498. The Balaban J connectivity index is 1.89. The average molecular weight is 374 g/mol. The van der Waals surface area contributed by atoms with Crippen LogP contribution in [0.2, 0.25) is 0 Å². The Morgan fingerprint density at radius 1 is 1.11 bits per heavy atom. The Morgan fingerprint density at radius 2 is 1.86 bits per heavy atom. The van der Waals surface area contributed by atoms with Crippen molar-refractivity contribution in [2.24, 2.45) is 5.92 Å². The first-order valence-corrected chi connectivity index (χ1v) is 10.3. The highest BCUT2D eigenvalue weighted by Crippen LogP contribution is 2.38. The van der Waals surface area contributed by atoms with E-state index in [2.05, 4.69) is 61.4 Å². The number of halogens is 1. The van der Waals surface area contributed by atoms with Crippen molar-refractivity contribution in [3.05, 3.63) is 78.3 Å². The first-order chi connectivity index (χ1) is 13.5. The fourth-order valence-electron chi connectivity index (χ4n) is 4.50. The summed E-state index contributed by atoms with van der Waals surface area (Å²) in [4.78, 5) is 0. The molecule has 28 heavy (non-hydrogen) atoms. The lowest BCUT2D eigenvalue weighted by atomic mass is 9.86. The number of nitrogens with zero attached hydrogens (tertiary/aromatic N) is 1. The van der Waals surface area contributed by atoms with Gasteiger partial charge in [0.05, 0.1) is 0 Å². The molecule has 3 aromatic rings. The van der Waals surface area contributed by atoms with Crippen molar-refractivity contribution in [2.75, 3.05) is 0 Å². The van der Waals surface area contributed by atoms with Crippen LogP contribution in [-0.2, 0) is 0 Å². The van der Waals surface area contributed by atoms with Gasteiger partial charge in [-0.3, -0.25) is 0 Å². The summed E-state index contributed by atoms with van der Waals surface area (Å²) < 4.78 is 16.0. The van der Waals surface area contributed by atoms with Gasteiger partial charge in [0.1, 0.15) is 5.82 Å². The van der Waals surface area contributed by atoms with Gasteiger partial charge in [0.25, 0.3) is 0 Å². The summed E-state index contributed by atoms with van der Waals surface area (Å²) in [5, 5.41) is 1.22. The van der Waals surface area contributed by atoms with Crippen molar-refractivity contribution >= 4 is 17.0 Å². The number of hydrogen-bond acceptors (Lipinski definition) is 0. The summed E-state index contributed by atoms with van der Waals surface area (Å²) in [6.45, 7) is 8.64. The van der Waals surface area contributed by atoms with Crippen LogP contribution in [-0.4, -0.2) is 4.57 Å². The van der Waals surface area contributed by atoms with E-state index in [-0.39, 0.29) is 5.82 Å². The molecular weight excluding hydrogens is 345 g/mol. The van der Waals surface area contributed by atoms with Crippen LogP contribution in [0.1, 0.15) is 51.3 Å². The summed E-state index contributed by atoms with van der Waals surface area (Å²) in [6.07, 6.45) is 9.36. The molecule has 144 valence electrons. The number of hydrogen-bond donors (Lipinski definition) is 0. The maximum absolute atomic E-state index is 13.6. The normalized spacial score (nSPS) is 17.9. The molecular formula is C26H28FN. The third kappa shape index (κ3) is 3.56. The molecule has 0 saturated heterocycles. The molecule has 1 aliphatic rings. The van der Waals surface area contributed by atoms with Gasteiger partial charge in [-0.15, -0.1) is 0 Å². The van der Waals surface area contributed by atoms with Crippen LogP contribution < -0.4 is 0 Å². The third-order valence-corrected chi connectivity index (χ3v) is 5.78. The highest BCUT2D eigenvalue weighted by molar-refractivity contribution is 6.01. The zero-order valence-corrected chi connectivity index (χ0v) is 16.8. The minimum atomic E-state index is -0.200. The SMILES string of the molecule is C=C1CCC[C@@H](/C=C/c2c(-c3ccc(F)cc3)c3ccccc3n2C(C)C)C1. The quantitative estimate of drug-likeness (QED) is 0.411. The van der Waals surface area contributed by atoms with E-state index >= 15 is 0 Å². The standard InChI is InChI=1S/C26H28FN/c1-18(2)28-24-10-5-4-9-23(24)26(21-12-14-22(27)15-13-21)25(28)16-11-20-8-6-7-19(3)17-20/h4-5,9-16,18,20H,3,6-8,17H2,1-2H3/b16-11+/t20-/m0/s1. The molecule has 2 aromatic carbocycles. The van der Waals surface area contributed by atoms with Crippen molar-refractivity contribution in [3.8, 4) is 11.1 Å². The zero-order chi connectivity index (χ0) is 19.7. The summed E-state index contributed by atoms with van der Waals surface area (Å²) in [5.74, 6) is 0.357. The Morgan fingerprint density at radius 3 is 2.57 bits per heavy atom. The molecule has 0 unspecified atom stereocenters. The lowest BCUT2D eigenvalue weighted by Gasteiger charge is -2.21. The van der Waals surface area contributed by atoms with E-state index in [1.807, 2.05) is 12.1 Å². The molecule has 0 spiro atoms. The van der Waals surface area contributed by atoms with Crippen molar-refractivity contribution in [3.63, 3.8) is 0 Å². The van der Waals surface area contributed by atoms with Crippen molar-refractivity contribution in [1.82, 2.24) is 4.57 Å². The summed E-state index contributed by atoms with van der Waals surface area (Å²) in [6, 6.07) is 15.7. The fraction of sp³-hybridized carbons (Fsp3) is 0.308. The van der Waals surface area contributed by atoms with E-state index in [0.29, 0.717) is 12.0 Å². The van der Waals surface area contributed by atoms with Crippen LogP contribution in [0, 0.1) is 11.7 Å². The van der Waals surface area contributed by atoms with Gasteiger partial charge in [0.2, 0.25) is 0 Å². The zero-order valence-electron chi connectivity index (χ0n) is 16.8. The van der Waals surface area contributed by atoms with Gasteiger partial charge in [0, 0.05) is 28.2 Å². The van der Waals surface area contributed by atoms with E-state index in [1.54, 1.807) is 12.1 Å². The fourth-order valence-corrected chi connectivity index (χ4v) is 4.50. The molecule has 0 aliphatic heterocycles. The number of fused-ring (bicyclic) bond motifs is 1. The van der Waals surface area contributed by atoms with Crippen LogP contribution in [0.5, 0.6) is 0 Å². The molecule has 1 nitrogen and oxygen atoms in total.